The molecule has 2 N–H and O–H groups in total. The average Bonchev–Trinajstić information content (AvgIpc) is 2.86. The number of methoxy groups -OCH3 is 3. The van der Waals surface area contributed by atoms with E-state index in [2.05, 4.69) is 10.9 Å². The normalized spacial score (nSPS) is 10.3. The third-order valence-electron chi connectivity index (χ3n) is 4.99. The van der Waals surface area contributed by atoms with Crippen LogP contribution in [-0.4, -0.2) is 33.1 Å². The fourth-order valence-electron chi connectivity index (χ4n) is 3.16. The van der Waals surface area contributed by atoms with Crippen LogP contribution in [0.15, 0.2) is 54.6 Å². The fourth-order valence-corrected chi connectivity index (χ4v) is 3.28. The van der Waals surface area contributed by atoms with Crippen LogP contribution in [0.5, 0.6) is 23.0 Å². The van der Waals surface area contributed by atoms with Gasteiger partial charge < -0.3 is 18.9 Å². The van der Waals surface area contributed by atoms with Gasteiger partial charge in [0.1, 0.15) is 12.4 Å². The quantitative estimate of drug-likeness (QED) is 0.462. The maximum absolute atomic E-state index is 12.6. The van der Waals surface area contributed by atoms with Crippen molar-refractivity contribution < 1.29 is 28.5 Å². The lowest BCUT2D eigenvalue weighted by molar-refractivity contribution is 0.0844. The lowest BCUT2D eigenvalue weighted by Gasteiger charge is -2.15. The van der Waals surface area contributed by atoms with Gasteiger partial charge in [0, 0.05) is 10.6 Å². The molecule has 0 aliphatic rings. The summed E-state index contributed by atoms with van der Waals surface area (Å²) in [4.78, 5) is 25.1. The highest BCUT2D eigenvalue weighted by molar-refractivity contribution is 6.31. The summed E-state index contributed by atoms with van der Waals surface area (Å²) in [7, 11) is 4.33. The van der Waals surface area contributed by atoms with Crippen LogP contribution in [-0.2, 0) is 6.61 Å². The van der Waals surface area contributed by atoms with Crippen molar-refractivity contribution in [2.24, 2.45) is 0 Å². The summed E-state index contributed by atoms with van der Waals surface area (Å²) < 4.78 is 21.6. The molecule has 0 aliphatic heterocycles. The van der Waals surface area contributed by atoms with E-state index in [1.807, 2.05) is 13.0 Å². The van der Waals surface area contributed by atoms with Gasteiger partial charge in [-0.25, -0.2) is 0 Å². The average molecular weight is 485 g/mol. The van der Waals surface area contributed by atoms with Crippen molar-refractivity contribution in [3.63, 3.8) is 0 Å². The molecule has 8 nitrogen and oxygen atoms in total. The van der Waals surface area contributed by atoms with Gasteiger partial charge in [-0.05, 0) is 60.5 Å². The van der Waals surface area contributed by atoms with Crippen molar-refractivity contribution in [2.45, 2.75) is 13.5 Å². The molecule has 34 heavy (non-hydrogen) atoms. The van der Waals surface area contributed by atoms with Gasteiger partial charge in [-0.3, -0.25) is 20.4 Å². The molecule has 0 bridgehead atoms. The zero-order valence-electron chi connectivity index (χ0n) is 19.2. The minimum atomic E-state index is -0.575. The zero-order chi connectivity index (χ0) is 24.7. The van der Waals surface area contributed by atoms with Crippen molar-refractivity contribution in [3.05, 3.63) is 81.9 Å². The molecule has 0 unspecified atom stereocenters. The van der Waals surface area contributed by atoms with Gasteiger partial charge in [0.05, 0.1) is 26.9 Å². The Balaban J connectivity index is 1.59. The molecule has 9 heteroatoms. The third kappa shape index (κ3) is 5.71. The number of nitrogens with one attached hydrogen (secondary N) is 2. The number of aryl methyl sites for hydroxylation is 1. The molecule has 0 aromatic heterocycles. The van der Waals surface area contributed by atoms with E-state index >= 15 is 0 Å². The fraction of sp³-hybridized carbons (Fsp3) is 0.200. The first kappa shape index (κ1) is 24.7. The van der Waals surface area contributed by atoms with Crippen LogP contribution in [0.2, 0.25) is 5.02 Å². The van der Waals surface area contributed by atoms with Gasteiger partial charge in [-0.15, -0.1) is 0 Å². The smallest absolute Gasteiger partial charge is 0.273 e. The van der Waals surface area contributed by atoms with Crippen LogP contribution < -0.4 is 29.8 Å². The van der Waals surface area contributed by atoms with Crippen LogP contribution >= 0.6 is 11.6 Å². The third-order valence-corrected chi connectivity index (χ3v) is 5.41. The summed E-state index contributed by atoms with van der Waals surface area (Å²) in [5.74, 6) is 0.527. The van der Waals surface area contributed by atoms with E-state index in [0.29, 0.717) is 28.7 Å². The van der Waals surface area contributed by atoms with E-state index in [1.54, 1.807) is 42.5 Å². The molecular weight excluding hydrogens is 460 g/mol. The molecule has 0 saturated carbocycles. The molecule has 0 aliphatic carbocycles. The monoisotopic (exact) mass is 484 g/mol. The van der Waals surface area contributed by atoms with Crippen LogP contribution in [0, 0.1) is 6.92 Å². The molecule has 2 amide bonds. The maximum Gasteiger partial charge on any atom is 0.273 e. The standard InChI is InChI=1S/C25H25ClN2O6/c1-15-13-18(9-11-20(15)26)34-14-16-5-7-17(8-6-16)24(29)27-28-25(30)19-10-12-21(31-2)23(33-4)22(19)32-3/h5-13H,14H2,1-4H3,(H,27,29)(H,28,30). The highest BCUT2D eigenvalue weighted by Gasteiger charge is 2.21. The Bertz CT molecular complexity index is 1180. The lowest BCUT2D eigenvalue weighted by Crippen LogP contribution is -2.41. The molecule has 0 fully saturated rings. The van der Waals surface area contributed by atoms with Gasteiger partial charge in [-0.2, -0.15) is 0 Å². The van der Waals surface area contributed by atoms with Crippen LogP contribution in [0.3, 0.4) is 0 Å². The van der Waals surface area contributed by atoms with E-state index in [-0.39, 0.29) is 17.1 Å². The van der Waals surface area contributed by atoms with E-state index in [9.17, 15) is 9.59 Å². The van der Waals surface area contributed by atoms with E-state index in [1.165, 1.54) is 27.4 Å². The molecule has 0 radical (unpaired) electrons. The summed E-state index contributed by atoms with van der Waals surface area (Å²) >= 11 is 6.03. The van der Waals surface area contributed by atoms with Crippen LogP contribution in [0.25, 0.3) is 0 Å². The number of halogens is 1. The van der Waals surface area contributed by atoms with Crippen molar-refractivity contribution in [1.29, 1.82) is 0 Å². The van der Waals surface area contributed by atoms with E-state index < -0.39 is 11.8 Å². The van der Waals surface area contributed by atoms with Crippen molar-refractivity contribution in [3.8, 4) is 23.0 Å². The molecule has 0 heterocycles. The highest BCUT2D eigenvalue weighted by atomic mass is 35.5. The van der Waals surface area contributed by atoms with Crippen molar-refractivity contribution in [2.75, 3.05) is 21.3 Å². The number of carbonyl (C=O) groups excluding carboxylic acids is 2. The first-order chi connectivity index (χ1) is 16.4. The molecule has 0 spiro atoms. The number of rotatable bonds is 8. The second-order valence-corrected chi connectivity index (χ2v) is 7.59. The first-order valence-electron chi connectivity index (χ1n) is 10.3. The number of hydrogen-bond acceptors (Lipinski definition) is 6. The first-order valence-corrected chi connectivity index (χ1v) is 10.6. The number of benzene rings is 3. The summed E-state index contributed by atoms with van der Waals surface area (Å²) in [5, 5.41) is 0.680. The second-order valence-electron chi connectivity index (χ2n) is 7.19. The predicted octanol–water partition coefficient (Wildman–Crippen LogP) is 4.33. The van der Waals surface area contributed by atoms with Gasteiger partial charge >= 0.3 is 0 Å². The number of hydrazine groups is 1. The van der Waals surface area contributed by atoms with Gasteiger partial charge in [-0.1, -0.05) is 23.7 Å². The molecule has 0 atom stereocenters. The van der Waals surface area contributed by atoms with E-state index in [4.69, 9.17) is 30.5 Å². The Kier molecular flexibility index (Phi) is 8.21. The largest absolute Gasteiger partial charge is 0.493 e. The topological polar surface area (TPSA) is 95.1 Å². The van der Waals surface area contributed by atoms with Crippen molar-refractivity contribution >= 4 is 23.4 Å². The molecular formula is C25H25ClN2O6. The van der Waals surface area contributed by atoms with Gasteiger partial charge in [0.25, 0.3) is 11.8 Å². The number of amides is 2. The van der Waals surface area contributed by atoms with Gasteiger partial charge in [0.15, 0.2) is 11.5 Å². The Morgan fingerprint density at radius 1 is 0.824 bits per heavy atom. The Hall–Kier alpha value is -3.91. The Labute approximate surface area is 202 Å². The number of hydrogen-bond donors (Lipinski definition) is 2. The summed E-state index contributed by atoms with van der Waals surface area (Å²) in [5.41, 5.74) is 7.12. The SMILES string of the molecule is COc1ccc(C(=O)NNC(=O)c2ccc(COc3ccc(Cl)c(C)c3)cc2)c(OC)c1OC. The Morgan fingerprint density at radius 3 is 2.12 bits per heavy atom. The van der Waals surface area contributed by atoms with Gasteiger partial charge in [0.2, 0.25) is 5.75 Å². The van der Waals surface area contributed by atoms with Crippen LogP contribution in [0.1, 0.15) is 31.8 Å². The zero-order valence-corrected chi connectivity index (χ0v) is 20.0. The summed E-state index contributed by atoms with van der Waals surface area (Å²) in [6.45, 7) is 2.24. The molecule has 3 aromatic carbocycles. The maximum atomic E-state index is 12.6. The molecule has 178 valence electrons. The minimum absolute atomic E-state index is 0.172. The van der Waals surface area contributed by atoms with Crippen molar-refractivity contribution in [1.82, 2.24) is 10.9 Å². The van der Waals surface area contributed by atoms with Crippen LogP contribution in [0.4, 0.5) is 0 Å². The number of ether oxygens (including phenoxy) is 4. The lowest BCUT2D eigenvalue weighted by atomic mass is 10.1. The number of carbonyl (C=O) groups is 2. The highest BCUT2D eigenvalue weighted by Crippen LogP contribution is 2.39. The summed E-state index contributed by atoms with van der Waals surface area (Å²) in [6, 6.07) is 15.4. The summed E-state index contributed by atoms with van der Waals surface area (Å²) in [6.07, 6.45) is 0. The molecule has 3 rings (SSSR count). The second kappa shape index (κ2) is 11.3. The molecule has 0 saturated heterocycles. The predicted molar refractivity (Wildman–Crippen MR) is 128 cm³/mol. The minimum Gasteiger partial charge on any atom is -0.493 e. The Morgan fingerprint density at radius 2 is 1.50 bits per heavy atom. The van der Waals surface area contributed by atoms with E-state index in [0.717, 1.165) is 11.1 Å². The molecule has 3 aromatic rings.